The first-order valence-corrected chi connectivity index (χ1v) is 3.63. The third-order valence-corrected chi connectivity index (χ3v) is 1.15. The fourth-order valence-corrected chi connectivity index (χ4v) is 0.642. The van der Waals surface area contributed by atoms with Gasteiger partial charge < -0.3 is 40.5 Å². The smallest absolute Gasteiger partial charge is 0.360 e. The molecule has 0 bridgehead atoms. The Morgan fingerprint density at radius 1 is 0.647 bits per heavy atom. The van der Waals surface area contributed by atoms with Gasteiger partial charge in [0, 0.05) is 196 Å². The van der Waals surface area contributed by atoms with Crippen molar-refractivity contribution in [1.82, 2.24) is 0 Å². The zero-order valence-electron chi connectivity index (χ0n) is 11.1. The van der Waals surface area contributed by atoms with Crippen LogP contribution in [0, 0.1) is 34.1 Å². The third-order valence-electron chi connectivity index (χ3n) is 1.15. The first-order chi connectivity index (χ1) is 4.41. The minimum Gasteiger partial charge on any atom is -0.360 e. The zero-order valence-corrected chi connectivity index (χ0v) is 31.0. The van der Waals surface area contributed by atoms with Crippen LogP contribution in [0.5, 0.6) is 0 Å². The van der Waals surface area contributed by atoms with Gasteiger partial charge in [-0.05, 0) is 0 Å². The molecule has 17 heavy (non-hydrogen) atoms. The molecule has 0 aromatic heterocycles. The molecule has 0 rings (SSSR count). The van der Waals surface area contributed by atoms with Gasteiger partial charge in [0.25, 0.3) is 0 Å². The Hall–Kier alpha value is 7.73. The molecule has 0 aliphatic rings. The maximum Gasteiger partial charge on any atom is 3.00 e. The summed E-state index contributed by atoms with van der Waals surface area (Å²) in [5, 5.41) is 0. The van der Waals surface area contributed by atoms with Gasteiger partial charge in [-0.15, -0.1) is 0 Å². The number of hydrogen-bond acceptors (Lipinski definition) is 0. The Labute approximate surface area is 287 Å². The molecule has 0 heterocycles. The van der Waals surface area contributed by atoms with Crippen LogP contribution in [0.4, 0.5) is 0 Å². The van der Waals surface area contributed by atoms with E-state index in [0.29, 0.717) is 0 Å². The monoisotopic (exact) mass is 761 g/mol. The van der Waals surface area contributed by atoms with Crippen molar-refractivity contribution in [2.75, 3.05) is 0 Å². The van der Waals surface area contributed by atoms with E-state index in [1.807, 2.05) is 0 Å². The Kier molecular flexibility index (Phi) is 187. The van der Waals surface area contributed by atoms with Crippen LogP contribution >= 0.6 is 0 Å². The minimum atomic E-state index is 0. The number of rotatable bonds is 6. The predicted octanol–water partition coefficient (Wildman–Crippen LogP) is 3.45. The van der Waals surface area contributed by atoms with Crippen LogP contribution in [-0.4, -0.2) is 0 Å². The van der Waals surface area contributed by atoms with E-state index in [-0.39, 0.29) is 236 Å². The topological polar surface area (TPSA) is 0 Å². The molecule has 0 atom stereocenters. The molecule has 0 aliphatic carbocycles. The van der Waals surface area contributed by atoms with E-state index in [0.717, 1.165) is 32.1 Å². The summed E-state index contributed by atoms with van der Waals surface area (Å²) in [7, 11) is 0. The Balaban J connectivity index is -0.0000000114. The molecular formula is C10H19Y7-2. The molecule has 0 amide bonds. The van der Waals surface area contributed by atoms with Gasteiger partial charge >= 0.3 is 32.7 Å². The molecule has 0 unspecified atom stereocenters. The molecule has 0 fully saturated rings. The average molecular weight is 762 g/mol. The summed E-state index contributed by atoms with van der Waals surface area (Å²) in [5.74, 6) is 0. The van der Waals surface area contributed by atoms with Crippen molar-refractivity contribution in [2.24, 2.45) is 0 Å². The Morgan fingerprint density at radius 3 is 1.06 bits per heavy atom. The third kappa shape index (κ3) is 59.4. The van der Waals surface area contributed by atoms with Gasteiger partial charge in [0.15, 0.2) is 0 Å². The summed E-state index contributed by atoms with van der Waals surface area (Å²) < 4.78 is 0. The summed E-state index contributed by atoms with van der Waals surface area (Å²) in [6.45, 7) is 7.49. The summed E-state index contributed by atoms with van der Waals surface area (Å²) in [6.07, 6.45) is 10.0. The van der Waals surface area contributed by atoms with Crippen molar-refractivity contribution in [1.29, 1.82) is 0 Å². The molecule has 0 saturated carbocycles. The van der Waals surface area contributed by atoms with Gasteiger partial charge in [-0.3, -0.25) is 0 Å². The normalized spacial score (nSPS) is 5.29. The van der Waals surface area contributed by atoms with E-state index in [9.17, 15) is 0 Å². The van der Waals surface area contributed by atoms with Crippen LogP contribution in [0.1, 0.15) is 32.1 Å². The molecule has 0 saturated heterocycles. The van der Waals surface area contributed by atoms with Gasteiger partial charge in [0.1, 0.15) is 0 Å². The van der Waals surface area contributed by atoms with Gasteiger partial charge in [0.2, 0.25) is 0 Å². The van der Waals surface area contributed by atoms with Gasteiger partial charge in [-0.25, -0.2) is 25.7 Å². The van der Waals surface area contributed by atoms with Crippen molar-refractivity contribution in [3.8, 4) is 0 Å². The molecular weight excluding hydrogens is 742 g/mol. The fourth-order valence-electron chi connectivity index (χ4n) is 0.642. The second-order valence-corrected chi connectivity index (χ2v) is 2.10. The summed E-state index contributed by atoms with van der Waals surface area (Å²) in [5.41, 5.74) is 0. The van der Waals surface area contributed by atoms with Crippen LogP contribution in [0.2, 0.25) is 0 Å². The predicted molar refractivity (Wildman–Crippen MR) is 48.8 cm³/mol. The number of hydrogen-bond donors (Lipinski definition) is 0. The van der Waals surface area contributed by atoms with Crippen LogP contribution in [0.3, 0.4) is 0 Å². The van der Waals surface area contributed by atoms with Crippen molar-refractivity contribution >= 4 is 0 Å². The fraction of sp³-hybridized carbons (Fsp3) is 0.500. The zero-order chi connectivity index (χ0) is 6.95. The molecule has 0 aliphatic heterocycles. The van der Waals surface area contributed by atoms with Crippen LogP contribution in [-0.2, 0) is 229 Å². The maximum atomic E-state index is 3.75. The van der Waals surface area contributed by atoms with E-state index in [4.69, 9.17) is 0 Å². The first-order valence-electron chi connectivity index (χ1n) is 3.63. The summed E-state index contributed by atoms with van der Waals surface area (Å²) in [4.78, 5) is 0. The van der Waals surface area contributed by atoms with E-state index in [2.05, 4.69) is 26.7 Å². The largest absolute Gasteiger partial charge is 3.00 e. The van der Waals surface area contributed by atoms with E-state index in [1.54, 1.807) is 0 Å². The summed E-state index contributed by atoms with van der Waals surface area (Å²) in [6, 6.07) is 0. The Morgan fingerprint density at radius 2 is 0.882 bits per heavy atom. The minimum absolute atomic E-state index is 0. The first kappa shape index (κ1) is 56.3. The molecule has 0 N–H and O–H groups in total. The average Bonchev–Trinajstić information content (AvgIpc) is 1.89. The molecule has 0 spiro atoms. The Bertz CT molecular complexity index is 49.9. The van der Waals surface area contributed by atoms with Crippen LogP contribution < -0.4 is 0 Å². The number of unbranched alkanes of at least 4 members (excludes halogenated alkanes) is 6. The van der Waals surface area contributed by atoms with Crippen molar-refractivity contribution in [3.63, 3.8) is 0 Å². The summed E-state index contributed by atoms with van der Waals surface area (Å²) >= 11 is 0. The molecule has 0 aromatic rings. The second kappa shape index (κ2) is 56.5. The van der Waals surface area contributed by atoms with Crippen LogP contribution in [0.25, 0.3) is 0 Å². The SMILES string of the molecule is [CH2-]CC[CH-]C[CH-]CC[CH2-].[CH3-].[Y+3].[Y].[Y].[Y].[Y].[Y].[Y]. The maximum absolute atomic E-state index is 3.75. The van der Waals surface area contributed by atoms with Crippen molar-refractivity contribution in [2.45, 2.75) is 32.1 Å². The standard InChI is InChI=1S/C9H16.CH3.7Y/c1-3-5-7-9-8-6-4-2;;;;;;;;/h7-8H,1-6,9H2;1H3;;;;;;;/q-4;-1;;;;;;;+3. The van der Waals surface area contributed by atoms with Gasteiger partial charge in [0.05, 0.1) is 0 Å². The second-order valence-electron chi connectivity index (χ2n) is 2.10. The quantitative estimate of drug-likeness (QED) is 0.288. The van der Waals surface area contributed by atoms with Gasteiger partial charge in [-0.1, -0.05) is 0 Å². The van der Waals surface area contributed by atoms with E-state index in [1.165, 1.54) is 0 Å². The van der Waals surface area contributed by atoms with Crippen molar-refractivity contribution in [3.05, 3.63) is 34.1 Å². The molecule has 82 valence electrons. The molecule has 0 nitrogen and oxygen atoms in total. The van der Waals surface area contributed by atoms with E-state index < -0.39 is 0 Å². The molecule has 0 aromatic carbocycles. The van der Waals surface area contributed by atoms with Gasteiger partial charge in [-0.2, -0.15) is 0 Å². The van der Waals surface area contributed by atoms with E-state index >= 15 is 0 Å². The van der Waals surface area contributed by atoms with Crippen LogP contribution in [0.15, 0.2) is 0 Å². The van der Waals surface area contributed by atoms with Crippen molar-refractivity contribution < 1.29 is 229 Å². The molecule has 6 radical (unpaired) electrons. The molecule has 7 heteroatoms.